The zero-order valence-corrected chi connectivity index (χ0v) is 18.5. The summed E-state index contributed by atoms with van der Waals surface area (Å²) in [6, 6.07) is 20.9. The fraction of sp³-hybridized carbons (Fsp3) is 0.222. The molecule has 0 saturated heterocycles. The van der Waals surface area contributed by atoms with Crippen molar-refractivity contribution in [2.24, 2.45) is 0 Å². The van der Waals surface area contributed by atoms with Gasteiger partial charge in [-0.3, -0.25) is 12.2 Å². The van der Waals surface area contributed by atoms with Gasteiger partial charge in [0, 0.05) is 0 Å². The summed E-state index contributed by atoms with van der Waals surface area (Å²) in [5.74, 6) is 0. The standard InChI is InChI=1S/C13H10.C9H13.C5H5.Ti/c1-3-7-12(8-4-1)11-13-9-5-2-6-10-13;1-3-8-6-5-7-9(8)4-2;1-2-4-5-3-1;/h1-10H;6H,3-4,7H2,1-2H3;1-3H,4H2;/q;2*-1;+2. The van der Waals surface area contributed by atoms with Crippen molar-refractivity contribution >= 4 is 3.81 Å². The van der Waals surface area contributed by atoms with Crippen LogP contribution in [0.3, 0.4) is 0 Å². The maximum absolute atomic E-state index is 3.23. The van der Waals surface area contributed by atoms with Gasteiger partial charge in [-0.25, -0.2) is 18.2 Å². The van der Waals surface area contributed by atoms with Gasteiger partial charge in [-0.2, -0.15) is 17.2 Å². The minimum absolute atomic E-state index is 1.01. The van der Waals surface area contributed by atoms with Crippen molar-refractivity contribution in [1.29, 1.82) is 0 Å². The zero-order valence-electron chi connectivity index (χ0n) is 16.9. The molecule has 0 fully saturated rings. The molecule has 0 heterocycles. The SMILES string of the molecule is CCC1=C(CC)C[C-]=C1.[C-]1=CC=CC1.[Ti+2]=[C](c1ccccc1)c1ccccc1. The van der Waals surface area contributed by atoms with E-state index in [1.165, 1.54) is 33.4 Å². The van der Waals surface area contributed by atoms with E-state index >= 15 is 0 Å². The summed E-state index contributed by atoms with van der Waals surface area (Å²) in [6.07, 6.45) is 18.8. The molecule has 0 bridgehead atoms. The van der Waals surface area contributed by atoms with Gasteiger partial charge in [0.15, 0.2) is 0 Å². The second-order valence-electron chi connectivity index (χ2n) is 6.47. The Hall–Kier alpha value is -2.02. The van der Waals surface area contributed by atoms with Crippen LogP contribution in [0.2, 0.25) is 0 Å². The second kappa shape index (κ2) is 13.2. The van der Waals surface area contributed by atoms with E-state index in [4.69, 9.17) is 0 Å². The molecule has 2 aromatic carbocycles. The van der Waals surface area contributed by atoms with E-state index in [2.05, 4.69) is 107 Å². The molecule has 4 rings (SSSR count). The van der Waals surface area contributed by atoms with Crippen LogP contribution < -0.4 is 0 Å². The zero-order chi connectivity index (χ0) is 20.0. The summed E-state index contributed by atoms with van der Waals surface area (Å²) in [7, 11) is 0. The Labute approximate surface area is 182 Å². The molecule has 0 amide bonds. The van der Waals surface area contributed by atoms with Gasteiger partial charge < -0.3 is 0 Å². The van der Waals surface area contributed by atoms with E-state index in [0.29, 0.717) is 0 Å². The monoisotopic (exact) mass is 400 g/mol. The van der Waals surface area contributed by atoms with Gasteiger partial charge in [-0.15, -0.1) is 12.8 Å². The first kappa shape index (κ1) is 22.3. The van der Waals surface area contributed by atoms with Gasteiger partial charge in [-0.05, 0) is 0 Å². The maximum atomic E-state index is 3.23. The third kappa shape index (κ3) is 7.54. The number of allylic oxidation sites excluding steroid dienone is 8. The summed E-state index contributed by atoms with van der Waals surface area (Å²) >= 11 is 2.16. The fourth-order valence-electron chi connectivity index (χ4n) is 2.93. The molecule has 0 unspecified atom stereocenters. The number of benzene rings is 2. The van der Waals surface area contributed by atoms with Crippen molar-refractivity contribution < 1.29 is 20.0 Å². The first-order valence-corrected chi connectivity index (χ1v) is 10.7. The fourth-order valence-corrected chi connectivity index (χ4v) is 3.45. The van der Waals surface area contributed by atoms with E-state index in [0.717, 1.165) is 12.8 Å². The molecule has 140 valence electrons. The van der Waals surface area contributed by atoms with Crippen molar-refractivity contribution in [2.75, 3.05) is 0 Å². The summed E-state index contributed by atoms with van der Waals surface area (Å²) in [5.41, 5.74) is 5.67. The molecule has 0 saturated carbocycles. The quantitative estimate of drug-likeness (QED) is 0.384. The van der Waals surface area contributed by atoms with Gasteiger partial charge in [0.25, 0.3) is 0 Å². The van der Waals surface area contributed by atoms with Crippen molar-refractivity contribution in [1.82, 2.24) is 0 Å². The average Bonchev–Trinajstić information content (AvgIpc) is 3.49. The van der Waals surface area contributed by atoms with Crippen LogP contribution in [-0.2, 0) is 20.0 Å². The van der Waals surface area contributed by atoms with Crippen LogP contribution >= 0.6 is 0 Å². The van der Waals surface area contributed by atoms with Crippen LogP contribution in [0.5, 0.6) is 0 Å². The first-order chi connectivity index (χ1) is 13.8. The number of hydrogen-bond acceptors (Lipinski definition) is 0. The van der Waals surface area contributed by atoms with Gasteiger partial charge in [0.1, 0.15) is 0 Å². The topological polar surface area (TPSA) is 0 Å². The molecule has 2 aliphatic carbocycles. The van der Waals surface area contributed by atoms with Crippen molar-refractivity contribution in [3.05, 3.63) is 119 Å². The van der Waals surface area contributed by atoms with E-state index in [1.54, 1.807) is 5.57 Å². The Morgan fingerprint density at radius 1 is 0.857 bits per heavy atom. The summed E-state index contributed by atoms with van der Waals surface area (Å²) in [5, 5.41) is 0. The molecule has 0 aliphatic heterocycles. The molecule has 0 aromatic heterocycles. The minimum atomic E-state index is 1.01. The van der Waals surface area contributed by atoms with Crippen LogP contribution in [0.4, 0.5) is 0 Å². The molecular weight excluding hydrogens is 372 g/mol. The van der Waals surface area contributed by atoms with Gasteiger partial charge in [0.2, 0.25) is 0 Å². The van der Waals surface area contributed by atoms with Gasteiger partial charge in [-0.1, -0.05) is 26.7 Å². The normalized spacial score (nSPS) is 13.7. The molecule has 2 aromatic rings. The van der Waals surface area contributed by atoms with E-state index in [9.17, 15) is 0 Å². The van der Waals surface area contributed by atoms with E-state index in [1.807, 2.05) is 24.3 Å². The third-order valence-corrected chi connectivity index (χ3v) is 5.47. The molecule has 2 aliphatic rings. The van der Waals surface area contributed by atoms with Crippen LogP contribution in [0.1, 0.15) is 50.7 Å². The molecule has 0 radical (unpaired) electrons. The summed E-state index contributed by atoms with van der Waals surface area (Å²) in [4.78, 5) is 0. The first-order valence-electron chi connectivity index (χ1n) is 9.94. The number of hydrogen-bond donors (Lipinski definition) is 0. The Bertz CT molecular complexity index is 785. The van der Waals surface area contributed by atoms with Crippen LogP contribution in [-0.4, -0.2) is 3.81 Å². The molecule has 0 N–H and O–H groups in total. The summed E-state index contributed by atoms with van der Waals surface area (Å²) in [6.45, 7) is 4.42. The van der Waals surface area contributed by atoms with Gasteiger partial charge in [0.05, 0.1) is 0 Å². The summed E-state index contributed by atoms with van der Waals surface area (Å²) < 4.78 is 1.33. The molecule has 28 heavy (non-hydrogen) atoms. The predicted molar refractivity (Wildman–Crippen MR) is 118 cm³/mol. The third-order valence-electron chi connectivity index (χ3n) is 4.56. The molecule has 1 heteroatoms. The van der Waals surface area contributed by atoms with Gasteiger partial charge >= 0.3 is 95.6 Å². The Morgan fingerprint density at radius 2 is 1.46 bits per heavy atom. The van der Waals surface area contributed by atoms with Crippen molar-refractivity contribution in [3.8, 4) is 0 Å². The Balaban J connectivity index is 0.000000170. The molecular formula is C27H28Ti. The van der Waals surface area contributed by atoms with Crippen LogP contribution in [0.15, 0.2) is 96.1 Å². The second-order valence-corrected chi connectivity index (χ2v) is 7.25. The Morgan fingerprint density at radius 3 is 1.82 bits per heavy atom. The number of rotatable bonds is 4. The van der Waals surface area contributed by atoms with Crippen LogP contribution in [0, 0.1) is 12.2 Å². The van der Waals surface area contributed by atoms with Crippen molar-refractivity contribution in [3.63, 3.8) is 0 Å². The van der Waals surface area contributed by atoms with Crippen molar-refractivity contribution in [2.45, 2.75) is 39.5 Å². The molecule has 0 nitrogen and oxygen atoms in total. The molecule has 0 spiro atoms. The average molecular weight is 400 g/mol. The molecule has 0 atom stereocenters. The van der Waals surface area contributed by atoms with E-state index in [-0.39, 0.29) is 0 Å². The van der Waals surface area contributed by atoms with E-state index < -0.39 is 0 Å². The Kier molecular flexibility index (Phi) is 10.5. The van der Waals surface area contributed by atoms with Crippen LogP contribution in [0.25, 0.3) is 0 Å². The predicted octanol–water partition coefficient (Wildman–Crippen LogP) is 6.97.